The van der Waals surface area contributed by atoms with E-state index in [9.17, 15) is 14.7 Å². The summed E-state index contributed by atoms with van der Waals surface area (Å²) in [6.07, 6.45) is 6.77. The first kappa shape index (κ1) is 25.6. The number of nitrogens with zero attached hydrogens (tertiary/aromatic N) is 3. The predicted octanol–water partition coefficient (Wildman–Crippen LogP) is 2.70. The summed E-state index contributed by atoms with van der Waals surface area (Å²) in [6, 6.07) is 1.81. The van der Waals surface area contributed by atoms with Crippen LogP contribution in [-0.4, -0.2) is 37.4 Å². The molecular formula is C23H31Cl2N5O3. The molecule has 4 atom stereocenters. The number of carbonyl (C=O) groups is 1. The van der Waals surface area contributed by atoms with E-state index in [4.69, 9.17) is 28.9 Å². The largest absolute Gasteiger partial charge is 0.388 e. The van der Waals surface area contributed by atoms with E-state index in [2.05, 4.69) is 29.2 Å². The Morgan fingerprint density at radius 1 is 1.30 bits per heavy atom. The average Bonchev–Trinajstić information content (AvgIpc) is 2.75. The van der Waals surface area contributed by atoms with Gasteiger partial charge < -0.3 is 16.2 Å². The fourth-order valence-electron chi connectivity index (χ4n) is 4.86. The number of halogens is 2. The van der Waals surface area contributed by atoms with Gasteiger partial charge in [0, 0.05) is 25.0 Å². The number of hydrogen-bond acceptors (Lipinski definition) is 6. The van der Waals surface area contributed by atoms with Crippen LogP contribution in [-0.2, 0) is 17.9 Å². The van der Waals surface area contributed by atoms with Crippen molar-refractivity contribution < 1.29 is 9.90 Å². The molecule has 4 N–H and O–H groups in total. The number of hydrogen-bond donors (Lipinski definition) is 3. The highest BCUT2D eigenvalue weighted by atomic mass is 35.5. The summed E-state index contributed by atoms with van der Waals surface area (Å²) in [5.74, 6) is 0.815. The van der Waals surface area contributed by atoms with E-state index in [0.717, 1.165) is 28.1 Å². The van der Waals surface area contributed by atoms with Crippen LogP contribution in [0.2, 0.25) is 10.0 Å². The molecule has 1 amide bonds. The number of pyridine rings is 1. The fraction of sp³-hybridized carbons (Fsp3) is 0.565. The number of carbonyl (C=O) groups excluding carboxylic acids is 1. The molecule has 2 aromatic heterocycles. The van der Waals surface area contributed by atoms with Crippen LogP contribution in [0, 0.1) is 24.2 Å². The van der Waals surface area contributed by atoms with E-state index in [-0.39, 0.29) is 28.5 Å². The Labute approximate surface area is 203 Å². The lowest BCUT2D eigenvalue weighted by Crippen LogP contribution is -2.68. The Hall–Kier alpha value is -2.00. The molecule has 8 nitrogen and oxygen atoms in total. The van der Waals surface area contributed by atoms with Crippen molar-refractivity contribution in [2.45, 2.75) is 65.3 Å². The van der Waals surface area contributed by atoms with E-state index in [1.165, 1.54) is 12.6 Å². The summed E-state index contributed by atoms with van der Waals surface area (Å²) >= 11 is 11.4. The van der Waals surface area contributed by atoms with Gasteiger partial charge in [0.05, 0.1) is 16.8 Å². The molecule has 180 valence electrons. The SMILES string of the molecule is CC1(C)[C@@H]2C[C@@H](N)[C@@](C)(O)[C@H]1C2.Cc1cnccc1CNC(=O)Cn1ncc(Cl)c(Cl)c1=O. The van der Waals surface area contributed by atoms with E-state index in [1.54, 1.807) is 12.4 Å². The Morgan fingerprint density at radius 2 is 2.00 bits per heavy atom. The molecule has 3 aliphatic carbocycles. The number of aliphatic hydroxyl groups is 1. The average molecular weight is 496 g/mol. The second-order valence-electron chi connectivity index (χ2n) is 9.72. The molecule has 0 aliphatic heterocycles. The molecular weight excluding hydrogens is 465 g/mol. The minimum atomic E-state index is -0.627. The van der Waals surface area contributed by atoms with E-state index >= 15 is 0 Å². The second-order valence-corrected chi connectivity index (χ2v) is 10.5. The number of nitrogens with two attached hydrogens (primary N) is 1. The van der Waals surface area contributed by atoms with E-state index in [0.29, 0.717) is 17.9 Å². The highest BCUT2D eigenvalue weighted by Crippen LogP contribution is 2.62. The molecule has 3 aliphatic rings. The zero-order valence-electron chi connectivity index (χ0n) is 19.3. The predicted molar refractivity (Wildman–Crippen MR) is 128 cm³/mol. The molecule has 3 fully saturated rings. The number of aromatic nitrogens is 3. The van der Waals surface area contributed by atoms with E-state index in [1.807, 2.05) is 19.9 Å². The lowest BCUT2D eigenvalue weighted by molar-refractivity contribution is -0.202. The maximum Gasteiger partial charge on any atom is 0.287 e. The Kier molecular flexibility index (Phi) is 7.53. The van der Waals surface area contributed by atoms with Gasteiger partial charge >= 0.3 is 0 Å². The number of amides is 1. The molecule has 10 heteroatoms. The van der Waals surface area contributed by atoms with Gasteiger partial charge in [0.1, 0.15) is 11.6 Å². The summed E-state index contributed by atoms with van der Waals surface area (Å²) in [7, 11) is 0. The highest BCUT2D eigenvalue weighted by Gasteiger charge is 2.61. The van der Waals surface area contributed by atoms with Crippen LogP contribution in [0.15, 0.2) is 29.5 Å². The van der Waals surface area contributed by atoms with Gasteiger partial charge in [0.25, 0.3) is 5.56 Å². The van der Waals surface area contributed by atoms with Crippen molar-refractivity contribution in [3.8, 4) is 0 Å². The molecule has 3 saturated carbocycles. The third-order valence-corrected chi connectivity index (χ3v) is 8.06. The minimum Gasteiger partial charge on any atom is -0.388 e. The highest BCUT2D eigenvalue weighted by molar-refractivity contribution is 6.41. The third-order valence-electron chi connectivity index (χ3n) is 7.31. The van der Waals surface area contributed by atoms with Crippen LogP contribution in [0.25, 0.3) is 0 Å². The van der Waals surface area contributed by atoms with Gasteiger partial charge in [-0.2, -0.15) is 5.10 Å². The third kappa shape index (κ3) is 5.24. The molecule has 33 heavy (non-hydrogen) atoms. The molecule has 0 spiro atoms. The molecule has 0 aromatic carbocycles. The van der Waals surface area contributed by atoms with Crippen LogP contribution < -0.4 is 16.6 Å². The number of fused-ring (bicyclic) bond motifs is 2. The molecule has 2 aromatic rings. The monoisotopic (exact) mass is 495 g/mol. The summed E-state index contributed by atoms with van der Waals surface area (Å²) in [4.78, 5) is 27.6. The van der Waals surface area contributed by atoms with Crippen molar-refractivity contribution in [3.63, 3.8) is 0 Å². The van der Waals surface area contributed by atoms with Crippen LogP contribution in [0.3, 0.4) is 0 Å². The molecule has 0 unspecified atom stereocenters. The van der Waals surface area contributed by atoms with Gasteiger partial charge in [-0.3, -0.25) is 14.6 Å². The van der Waals surface area contributed by atoms with Gasteiger partial charge in [-0.1, -0.05) is 37.0 Å². The van der Waals surface area contributed by atoms with Crippen molar-refractivity contribution >= 4 is 29.1 Å². The summed E-state index contributed by atoms with van der Waals surface area (Å²) in [6.45, 7) is 8.44. The molecule has 0 saturated heterocycles. The van der Waals surface area contributed by atoms with Gasteiger partial charge in [-0.05, 0) is 61.1 Å². The maximum absolute atomic E-state index is 11.8. The van der Waals surface area contributed by atoms with Gasteiger partial charge in [-0.25, -0.2) is 4.68 Å². The van der Waals surface area contributed by atoms with Crippen molar-refractivity contribution in [1.29, 1.82) is 0 Å². The molecule has 2 bridgehead atoms. The lowest BCUT2D eigenvalue weighted by Gasteiger charge is -2.64. The normalized spacial score (nSPS) is 27.1. The van der Waals surface area contributed by atoms with Crippen molar-refractivity contribution in [2.75, 3.05) is 0 Å². The molecule has 2 heterocycles. The fourth-order valence-corrected chi connectivity index (χ4v) is 5.13. The zero-order valence-corrected chi connectivity index (χ0v) is 20.8. The minimum absolute atomic E-state index is 0.00530. The van der Waals surface area contributed by atoms with Crippen LogP contribution in [0.5, 0.6) is 0 Å². The summed E-state index contributed by atoms with van der Waals surface area (Å²) < 4.78 is 0.961. The maximum atomic E-state index is 11.8. The smallest absolute Gasteiger partial charge is 0.287 e. The summed E-state index contributed by atoms with van der Waals surface area (Å²) in [5.41, 5.74) is 6.93. The van der Waals surface area contributed by atoms with E-state index < -0.39 is 11.2 Å². The Morgan fingerprint density at radius 3 is 2.58 bits per heavy atom. The van der Waals surface area contributed by atoms with Gasteiger partial charge in [-0.15, -0.1) is 0 Å². The summed E-state index contributed by atoms with van der Waals surface area (Å²) in [5, 5.41) is 16.5. The van der Waals surface area contributed by atoms with Crippen molar-refractivity contribution in [1.82, 2.24) is 20.1 Å². The topological polar surface area (TPSA) is 123 Å². The van der Waals surface area contributed by atoms with Crippen molar-refractivity contribution in [3.05, 3.63) is 56.2 Å². The second kappa shape index (κ2) is 9.70. The quantitative estimate of drug-likeness (QED) is 0.598. The first-order valence-electron chi connectivity index (χ1n) is 10.9. The number of rotatable bonds is 4. The standard InChI is InChI=1S/C13H12Cl2N4O2.C10H19NO/c1-8-4-16-3-2-9(8)5-17-11(20)7-19-13(21)12(15)10(14)6-18-19;1-9(2)6-4-7(9)10(3,12)8(11)5-6/h2-4,6H,5,7H2,1H3,(H,17,20);6-8,12H,4-5,11H2,1-3H3/t;6-,7-,8+,10-/m.0/s1. The zero-order chi connectivity index (χ0) is 24.6. The Balaban J connectivity index is 0.000000215. The van der Waals surface area contributed by atoms with Crippen LogP contribution >= 0.6 is 23.2 Å². The van der Waals surface area contributed by atoms with Crippen LogP contribution in [0.1, 0.15) is 44.7 Å². The van der Waals surface area contributed by atoms with Gasteiger partial charge in [0.2, 0.25) is 5.91 Å². The molecule has 0 radical (unpaired) electrons. The molecule has 5 rings (SSSR count). The van der Waals surface area contributed by atoms with Crippen molar-refractivity contribution in [2.24, 2.45) is 23.0 Å². The first-order chi connectivity index (χ1) is 15.4. The first-order valence-corrected chi connectivity index (χ1v) is 11.7. The van der Waals surface area contributed by atoms with Crippen LogP contribution in [0.4, 0.5) is 0 Å². The Bertz CT molecular complexity index is 1090. The number of nitrogens with one attached hydrogen (secondary N) is 1. The van der Waals surface area contributed by atoms with Gasteiger partial charge in [0.15, 0.2) is 0 Å². The number of aryl methyl sites for hydroxylation is 1. The lowest BCUT2D eigenvalue weighted by atomic mass is 9.43.